The van der Waals surface area contributed by atoms with Crippen LogP contribution in [0, 0.1) is 0 Å². The van der Waals surface area contributed by atoms with Crippen LogP contribution in [0.4, 0.5) is 22.9 Å². The number of nitrogens with zero attached hydrogens (tertiary/aromatic N) is 4. The van der Waals surface area contributed by atoms with Crippen molar-refractivity contribution in [2.45, 2.75) is 37.8 Å². The maximum atomic E-state index is 13.3. The van der Waals surface area contributed by atoms with Gasteiger partial charge in [0.15, 0.2) is 11.3 Å². The first-order valence-electron chi connectivity index (χ1n) is 12.0. The Balaban J connectivity index is 1.34. The highest BCUT2D eigenvalue weighted by Gasteiger charge is 2.21. The lowest BCUT2D eigenvalue weighted by molar-refractivity contribution is 0.102. The van der Waals surface area contributed by atoms with Crippen molar-refractivity contribution in [2.24, 2.45) is 5.73 Å². The number of nitrogens with two attached hydrogens (primary N) is 1. The van der Waals surface area contributed by atoms with Crippen LogP contribution in [-0.2, 0) is 0 Å². The van der Waals surface area contributed by atoms with Crippen molar-refractivity contribution >= 4 is 56.0 Å². The van der Waals surface area contributed by atoms with Crippen LogP contribution in [0.3, 0.4) is 0 Å². The van der Waals surface area contributed by atoms with Gasteiger partial charge in [0.25, 0.3) is 5.91 Å². The number of aromatic nitrogens is 4. The van der Waals surface area contributed by atoms with Gasteiger partial charge >= 0.3 is 0 Å². The fraction of sp³-hybridized carbons (Fsp3) is 0.231. The normalized spacial score (nSPS) is 17.8. The second-order valence-electron chi connectivity index (χ2n) is 9.06. The monoisotopic (exact) mass is 498 g/mol. The molecule has 9 nitrogen and oxygen atoms in total. The Morgan fingerprint density at radius 2 is 1.83 bits per heavy atom. The maximum Gasteiger partial charge on any atom is 0.276 e. The topological polar surface area (TPSA) is 122 Å². The molecule has 1 aliphatic carbocycles. The summed E-state index contributed by atoms with van der Waals surface area (Å²) in [7, 11) is 0. The molecular weight excluding hydrogens is 472 g/mol. The average molecular weight is 499 g/mol. The number of amides is 1. The molecule has 3 heterocycles. The number of hydrogen-bond acceptors (Lipinski definition) is 8. The van der Waals surface area contributed by atoms with Crippen LogP contribution in [0.25, 0.3) is 15.9 Å². The van der Waals surface area contributed by atoms with E-state index in [1.807, 2.05) is 54.6 Å². The number of carbonyl (C=O) groups excluding carboxylic acids is 1. The molecule has 36 heavy (non-hydrogen) atoms. The predicted octanol–water partition coefficient (Wildman–Crippen LogP) is 5.02. The predicted molar refractivity (Wildman–Crippen MR) is 144 cm³/mol. The zero-order chi connectivity index (χ0) is 24.5. The number of hydrogen-bond donors (Lipinski definition) is 4. The molecule has 6 rings (SSSR count). The van der Waals surface area contributed by atoms with Crippen LogP contribution in [0.5, 0.6) is 0 Å². The van der Waals surface area contributed by atoms with Crippen LogP contribution >= 0.6 is 11.3 Å². The van der Waals surface area contributed by atoms with E-state index >= 15 is 0 Å². The lowest BCUT2D eigenvalue weighted by atomic mass is 9.92. The third-order valence-corrected chi connectivity index (χ3v) is 7.26. The summed E-state index contributed by atoms with van der Waals surface area (Å²) < 4.78 is 2.61. The molecule has 0 aliphatic heterocycles. The molecule has 1 aliphatic rings. The third-order valence-electron chi connectivity index (χ3n) is 6.47. The van der Waals surface area contributed by atoms with Crippen LogP contribution in [-0.4, -0.2) is 37.6 Å². The number of carbonyl (C=O) groups is 1. The van der Waals surface area contributed by atoms with Crippen LogP contribution < -0.4 is 21.7 Å². The molecular formula is C26H26N8OS. The van der Waals surface area contributed by atoms with Crippen LogP contribution in [0.15, 0.2) is 66.3 Å². The van der Waals surface area contributed by atoms with Gasteiger partial charge in [0.1, 0.15) is 5.82 Å². The Morgan fingerprint density at radius 3 is 2.67 bits per heavy atom. The quantitative estimate of drug-likeness (QED) is 0.259. The van der Waals surface area contributed by atoms with Crippen molar-refractivity contribution in [3.05, 3.63) is 72.0 Å². The van der Waals surface area contributed by atoms with E-state index in [0.29, 0.717) is 22.8 Å². The lowest BCUT2D eigenvalue weighted by Crippen LogP contribution is -2.33. The minimum atomic E-state index is -0.287. The summed E-state index contributed by atoms with van der Waals surface area (Å²) in [6.07, 6.45) is 5.50. The smallest absolute Gasteiger partial charge is 0.276 e. The summed E-state index contributed by atoms with van der Waals surface area (Å²) in [5.74, 6) is 0.393. The SMILES string of the molecule is N[C@H]1CC[C@H](Nc2cc(Nc3ccccc3)c3ncc(C(=O)Nc4ccc5ncsc5c4)n3n2)CC1. The van der Waals surface area contributed by atoms with Gasteiger partial charge in [-0.3, -0.25) is 4.79 Å². The maximum absolute atomic E-state index is 13.3. The second kappa shape index (κ2) is 9.56. The van der Waals surface area contributed by atoms with Gasteiger partial charge in [-0.1, -0.05) is 18.2 Å². The summed E-state index contributed by atoms with van der Waals surface area (Å²) in [6.45, 7) is 0. The van der Waals surface area contributed by atoms with Gasteiger partial charge in [-0.25, -0.2) is 14.5 Å². The van der Waals surface area contributed by atoms with E-state index < -0.39 is 0 Å². The van der Waals surface area contributed by atoms with E-state index in [0.717, 1.165) is 47.3 Å². The average Bonchev–Trinajstić information content (AvgIpc) is 3.53. The molecule has 0 saturated heterocycles. The fourth-order valence-electron chi connectivity index (χ4n) is 4.56. The fourth-order valence-corrected chi connectivity index (χ4v) is 5.28. The largest absolute Gasteiger partial charge is 0.366 e. The number of para-hydroxylation sites is 1. The minimum Gasteiger partial charge on any atom is -0.366 e. The van der Waals surface area contributed by atoms with E-state index in [1.165, 1.54) is 11.3 Å². The summed E-state index contributed by atoms with van der Waals surface area (Å²) in [6, 6.07) is 18.0. The van der Waals surface area contributed by atoms with Gasteiger partial charge in [0.05, 0.1) is 27.6 Å². The van der Waals surface area contributed by atoms with Crippen molar-refractivity contribution in [1.82, 2.24) is 19.6 Å². The molecule has 3 aromatic heterocycles. The molecule has 5 aromatic rings. The van der Waals surface area contributed by atoms with E-state index in [2.05, 4.69) is 25.9 Å². The number of thiazole rings is 1. The number of imidazole rings is 1. The van der Waals surface area contributed by atoms with Crippen molar-refractivity contribution < 1.29 is 4.79 Å². The molecule has 0 radical (unpaired) electrons. The molecule has 0 bridgehead atoms. The van der Waals surface area contributed by atoms with Crippen molar-refractivity contribution in [3.8, 4) is 0 Å². The van der Waals surface area contributed by atoms with E-state index in [4.69, 9.17) is 10.8 Å². The number of benzene rings is 2. The summed E-state index contributed by atoms with van der Waals surface area (Å²) in [5.41, 5.74) is 12.1. The highest BCUT2D eigenvalue weighted by molar-refractivity contribution is 7.16. The number of nitrogens with one attached hydrogen (secondary N) is 3. The molecule has 10 heteroatoms. The van der Waals surface area contributed by atoms with Crippen molar-refractivity contribution in [3.63, 3.8) is 0 Å². The Morgan fingerprint density at radius 1 is 1.00 bits per heavy atom. The number of anilines is 4. The molecule has 0 unspecified atom stereocenters. The standard InChI is InChI=1S/C26H26N8OS/c27-16-6-8-18(9-7-16)31-24-13-21(30-17-4-2-1-3-5-17)25-28-14-22(34(25)33-24)26(35)32-19-10-11-20-23(12-19)36-15-29-20/h1-5,10-16,18,30H,6-9,27H2,(H,31,33)(H,32,35)/t16-,18-. The van der Waals surface area contributed by atoms with Crippen LogP contribution in [0.2, 0.25) is 0 Å². The van der Waals surface area contributed by atoms with Crippen molar-refractivity contribution in [2.75, 3.05) is 16.0 Å². The first-order valence-corrected chi connectivity index (χ1v) is 12.9. The van der Waals surface area contributed by atoms with E-state index in [9.17, 15) is 4.79 Å². The molecule has 182 valence electrons. The van der Waals surface area contributed by atoms with E-state index in [-0.39, 0.29) is 18.0 Å². The molecule has 0 spiro atoms. The molecule has 5 N–H and O–H groups in total. The highest BCUT2D eigenvalue weighted by Crippen LogP contribution is 2.27. The second-order valence-corrected chi connectivity index (χ2v) is 9.94. The van der Waals surface area contributed by atoms with Gasteiger partial charge in [0, 0.05) is 29.5 Å². The highest BCUT2D eigenvalue weighted by atomic mass is 32.1. The Hall–Kier alpha value is -4.02. The van der Waals surface area contributed by atoms with E-state index in [1.54, 1.807) is 16.2 Å². The van der Waals surface area contributed by atoms with Gasteiger partial charge < -0.3 is 21.7 Å². The number of rotatable bonds is 6. The van der Waals surface area contributed by atoms with Gasteiger partial charge in [-0.15, -0.1) is 16.4 Å². The molecule has 1 saturated carbocycles. The molecule has 1 fully saturated rings. The molecule has 1 amide bonds. The summed E-state index contributed by atoms with van der Waals surface area (Å²) >= 11 is 1.53. The Kier molecular flexibility index (Phi) is 5.96. The summed E-state index contributed by atoms with van der Waals surface area (Å²) in [5, 5.41) is 14.7. The molecule has 2 aromatic carbocycles. The number of fused-ring (bicyclic) bond motifs is 2. The van der Waals surface area contributed by atoms with Crippen molar-refractivity contribution in [1.29, 1.82) is 0 Å². The Bertz CT molecular complexity index is 1520. The van der Waals surface area contributed by atoms with Gasteiger partial charge in [0.2, 0.25) is 0 Å². The first kappa shape index (κ1) is 22.4. The Labute approximate surface area is 211 Å². The lowest BCUT2D eigenvalue weighted by Gasteiger charge is -2.27. The minimum absolute atomic E-state index is 0.266. The van der Waals surface area contributed by atoms with Gasteiger partial charge in [-0.05, 0) is 56.0 Å². The van der Waals surface area contributed by atoms with Crippen LogP contribution in [0.1, 0.15) is 36.2 Å². The summed E-state index contributed by atoms with van der Waals surface area (Å²) in [4.78, 5) is 22.1. The zero-order valence-electron chi connectivity index (χ0n) is 19.5. The third kappa shape index (κ3) is 4.60. The first-order chi connectivity index (χ1) is 17.6. The zero-order valence-corrected chi connectivity index (χ0v) is 20.3. The molecule has 0 atom stereocenters. The van der Waals surface area contributed by atoms with Gasteiger partial charge in [-0.2, -0.15) is 0 Å².